The molecule has 5 nitrogen and oxygen atoms in total. The van der Waals surface area contributed by atoms with Gasteiger partial charge < -0.3 is 5.32 Å². The summed E-state index contributed by atoms with van der Waals surface area (Å²) in [4.78, 5) is 18.5. The second-order valence-corrected chi connectivity index (χ2v) is 10.8. The minimum absolute atomic E-state index is 0.0592. The summed E-state index contributed by atoms with van der Waals surface area (Å²) in [5.41, 5.74) is 4.94. The monoisotopic (exact) mass is 480 g/mol. The SMILES string of the molecule is Cc1cc(NC(=O)C(c2ccccc2)c2ccccc2)n(-c2nc3ccc(C(C)(C)C)cc3s2)n1. The molecule has 0 saturated carbocycles. The molecule has 2 aromatic heterocycles. The average molecular weight is 481 g/mol. The smallest absolute Gasteiger partial charge is 0.237 e. The van der Waals surface area contributed by atoms with Gasteiger partial charge in [0.05, 0.1) is 21.8 Å². The van der Waals surface area contributed by atoms with Gasteiger partial charge in [-0.1, -0.05) is 98.8 Å². The van der Waals surface area contributed by atoms with E-state index in [1.807, 2.05) is 73.7 Å². The third-order valence-corrected chi connectivity index (χ3v) is 7.03. The Morgan fingerprint density at radius 2 is 1.54 bits per heavy atom. The van der Waals surface area contributed by atoms with Crippen LogP contribution in [-0.2, 0) is 10.2 Å². The first-order chi connectivity index (χ1) is 16.8. The molecule has 35 heavy (non-hydrogen) atoms. The van der Waals surface area contributed by atoms with Crippen molar-refractivity contribution >= 4 is 33.3 Å². The number of carbonyl (C=O) groups excluding carboxylic acids is 1. The Balaban J connectivity index is 1.51. The Morgan fingerprint density at radius 3 is 2.14 bits per heavy atom. The van der Waals surface area contributed by atoms with Crippen LogP contribution in [0.2, 0.25) is 0 Å². The van der Waals surface area contributed by atoms with E-state index in [9.17, 15) is 4.79 Å². The first-order valence-electron chi connectivity index (χ1n) is 11.7. The highest BCUT2D eigenvalue weighted by Crippen LogP contribution is 2.32. The minimum atomic E-state index is -0.439. The maximum absolute atomic E-state index is 13.7. The number of carbonyl (C=O) groups is 1. The number of hydrogen-bond donors (Lipinski definition) is 1. The number of benzene rings is 3. The molecule has 0 bridgehead atoms. The number of amides is 1. The number of thiazole rings is 1. The van der Waals surface area contributed by atoms with E-state index < -0.39 is 5.92 Å². The molecule has 176 valence electrons. The first-order valence-corrected chi connectivity index (χ1v) is 12.5. The number of fused-ring (bicyclic) bond motifs is 1. The molecular weight excluding hydrogens is 452 g/mol. The van der Waals surface area contributed by atoms with Gasteiger partial charge in [-0.2, -0.15) is 9.78 Å². The summed E-state index contributed by atoms with van der Waals surface area (Å²) in [6.45, 7) is 8.53. The van der Waals surface area contributed by atoms with Crippen LogP contribution in [0.5, 0.6) is 0 Å². The number of aryl methyl sites for hydroxylation is 1. The number of rotatable bonds is 5. The molecule has 1 amide bonds. The van der Waals surface area contributed by atoms with Crippen molar-refractivity contribution in [3.63, 3.8) is 0 Å². The van der Waals surface area contributed by atoms with Gasteiger partial charge in [-0.15, -0.1) is 0 Å². The standard InChI is InChI=1S/C29H28N4OS/c1-19-17-25(31-27(34)26(20-11-7-5-8-12-20)21-13-9-6-10-14-21)33(32-19)28-30-23-16-15-22(29(2,3)4)18-24(23)35-28/h5-18,26H,1-4H3,(H,31,34). The Labute approximate surface area is 209 Å². The van der Waals surface area contributed by atoms with Gasteiger partial charge in [0.25, 0.3) is 0 Å². The van der Waals surface area contributed by atoms with Crippen molar-refractivity contribution in [1.82, 2.24) is 14.8 Å². The Bertz CT molecular complexity index is 1440. The number of hydrogen-bond acceptors (Lipinski definition) is 4. The fraction of sp³-hybridized carbons (Fsp3) is 0.207. The van der Waals surface area contributed by atoms with Crippen molar-refractivity contribution < 1.29 is 4.79 Å². The fourth-order valence-electron chi connectivity index (χ4n) is 4.19. The van der Waals surface area contributed by atoms with Crippen molar-refractivity contribution in [3.05, 3.63) is 107 Å². The van der Waals surface area contributed by atoms with Gasteiger partial charge in [0.2, 0.25) is 11.0 Å². The predicted molar refractivity (Wildman–Crippen MR) is 144 cm³/mol. The van der Waals surface area contributed by atoms with Gasteiger partial charge >= 0.3 is 0 Å². The molecule has 0 fully saturated rings. The lowest BCUT2D eigenvalue weighted by molar-refractivity contribution is -0.116. The molecule has 3 aromatic carbocycles. The van der Waals surface area contributed by atoms with Crippen molar-refractivity contribution in [2.45, 2.75) is 39.0 Å². The molecule has 1 N–H and O–H groups in total. The summed E-state index contributed by atoms with van der Waals surface area (Å²) >= 11 is 1.57. The maximum Gasteiger partial charge on any atom is 0.237 e. The molecule has 0 unspecified atom stereocenters. The quantitative estimate of drug-likeness (QED) is 0.299. The Kier molecular flexibility index (Phi) is 5.99. The van der Waals surface area contributed by atoms with Gasteiger partial charge in [0, 0.05) is 6.07 Å². The van der Waals surface area contributed by atoms with Crippen LogP contribution >= 0.6 is 11.3 Å². The summed E-state index contributed by atoms with van der Waals surface area (Å²) in [5.74, 6) is 0.0601. The van der Waals surface area contributed by atoms with E-state index in [2.05, 4.69) is 49.4 Å². The van der Waals surface area contributed by atoms with E-state index in [0.717, 1.165) is 32.2 Å². The zero-order chi connectivity index (χ0) is 24.6. The number of nitrogens with one attached hydrogen (secondary N) is 1. The Morgan fingerprint density at radius 1 is 0.914 bits per heavy atom. The van der Waals surface area contributed by atoms with E-state index in [0.29, 0.717) is 5.82 Å². The molecule has 0 spiro atoms. The molecule has 0 aliphatic rings. The molecule has 5 rings (SSSR count). The second-order valence-electron chi connectivity index (χ2n) is 9.76. The van der Waals surface area contributed by atoms with Crippen LogP contribution in [0.25, 0.3) is 15.3 Å². The largest absolute Gasteiger partial charge is 0.310 e. The summed E-state index contributed by atoms with van der Waals surface area (Å²) in [5, 5.41) is 8.52. The highest BCUT2D eigenvalue weighted by atomic mass is 32.1. The van der Waals surface area contributed by atoms with Crippen LogP contribution in [0.3, 0.4) is 0 Å². The van der Waals surface area contributed by atoms with Gasteiger partial charge in [0.1, 0.15) is 5.82 Å². The zero-order valence-electron chi connectivity index (χ0n) is 20.3. The lowest BCUT2D eigenvalue weighted by atomic mass is 9.87. The molecule has 5 aromatic rings. The summed E-state index contributed by atoms with van der Waals surface area (Å²) in [6.07, 6.45) is 0. The van der Waals surface area contributed by atoms with Gasteiger partial charge in [-0.25, -0.2) is 4.98 Å². The van der Waals surface area contributed by atoms with Gasteiger partial charge in [-0.05, 0) is 41.2 Å². The molecule has 2 heterocycles. The lowest BCUT2D eigenvalue weighted by Crippen LogP contribution is -2.23. The van der Waals surface area contributed by atoms with Crippen molar-refractivity contribution in [2.75, 3.05) is 5.32 Å². The van der Waals surface area contributed by atoms with Gasteiger partial charge in [0.15, 0.2) is 0 Å². The molecule has 0 saturated heterocycles. The van der Waals surface area contributed by atoms with Crippen LogP contribution in [0.4, 0.5) is 5.82 Å². The van der Waals surface area contributed by atoms with E-state index in [1.165, 1.54) is 5.56 Å². The average Bonchev–Trinajstić information content (AvgIpc) is 3.42. The number of anilines is 1. The highest BCUT2D eigenvalue weighted by Gasteiger charge is 2.25. The fourth-order valence-corrected chi connectivity index (χ4v) is 5.16. The van der Waals surface area contributed by atoms with E-state index in [1.54, 1.807) is 16.0 Å². The van der Waals surface area contributed by atoms with E-state index in [-0.39, 0.29) is 11.3 Å². The normalized spacial score (nSPS) is 11.8. The van der Waals surface area contributed by atoms with Crippen LogP contribution in [0, 0.1) is 6.92 Å². The molecule has 0 radical (unpaired) electrons. The van der Waals surface area contributed by atoms with Crippen LogP contribution in [-0.4, -0.2) is 20.7 Å². The second kappa shape index (κ2) is 9.12. The topological polar surface area (TPSA) is 59.8 Å². The summed E-state index contributed by atoms with van der Waals surface area (Å²) in [6, 6.07) is 28.0. The van der Waals surface area contributed by atoms with Gasteiger partial charge in [-0.3, -0.25) is 4.79 Å². The third kappa shape index (κ3) is 4.75. The summed E-state index contributed by atoms with van der Waals surface area (Å²) < 4.78 is 2.84. The van der Waals surface area contributed by atoms with Crippen molar-refractivity contribution in [2.24, 2.45) is 0 Å². The molecule has 0 aliphatic heterocycles. The number of aromatic nitrogens is 3. The predicted octanol–water partition coefficient (Wildman–Crippen LogP) is 6.86. The molecule has 0 atom stereocenters. The molecule has 6 heteroatoms. The number of nitrogens with zero attached hydrogens (tertiary/aromatic N) is 3. The molecular formula is C29H28N4OS. The van der Waals surface area contributed by atoms with E-state index in [4.69, 9.17) is 4.98 Å². The Hall–Kier alpha value is -3.77. The molecule has 0 aliphatic carbocycles. The minimum Gasteiger partial charge on any atom is -0.310 e. The third-order valence-electron chi connectivity index (χ3n) is 6.04. The van der Waals surface area contributed by atoms with E-state index >= 15 is 0 Å². The summed E-state index contributed by atoms with van der Waals surface area (Å²) in [7, 11) is 0. The van der Waals surface area contributed by atoms with Crippen molar-refractivity contribution in [3.8, 4) is 5.13 Å². The van der Waals surface area contributed by atoms with Crippen molar-refractivity contribution in [1.29, 1.82) is 0 Å². The zero-order valence-corrected chi connectivity index (χ0v) is 21.1. The first kappa shape index (κ1) is 23.0. The van der Waals surface area contributed by atoms with Crippen LogP contribution in [0.15, 0.2) is 84.9 Å². The highest BCUT2D eigenvalue weighted by molar-refractivity contribution is 7.20. The lowest BCUT2D eigenvalue weighted by Gasteiger charge is -2.18. The van der Waals surface area contributed by atoms with Crippen LogP contribution in [0.1, 0.15) is 49.1 Å². The van der Waals surface area contributed by atoms with Crippen LogP contribution < -0.4 is 5.32 Å². The maximum atomic E-state index is 13.7.